The molecule has 0 radical (unpaired) electrons. The van der Waals surface area contributed by atoms with E-state index in [4.69, 9.17) is 0 Å². The van der Waals surface area contributed by atoms with E-state index in [1.807, 2.05) is 0 Å². The second-order valence-electron chi connectivity index (χ2n) is 2.30. The molecule has 6 heteroatoms. The van der Waals surface area contributed by atoms with E-state index in [9.17, 15) is 0 Å². The Kier molecular flexibility index (Phi) is 2.46. The van der Waals surface area contributed by atoms with Crippen molar-refractivity contribution in [1.29, 1.82) is 0 Å². The Morgan fingerprint density at radius 1 is 0.643 bits per heavy atom. The van der Waals surface area contributed by atoms with Gasteiger partial charge in [0.15, 0.2) is 0 Å². The molecule has 2 heterocycles. The van der Waals surface area contributed by atoms with E-state index in [0.29, 0.717) is 11.9 Å². The molecular formula is C8H6N6. The van der Waals surface area contributed by atoms with Gasteiger partial charge in [0.25, 0.3) is 11.9 Å². The van der Waals surface area contributed by atoms with Gasteiger partial charge in [0, 0.05) is 24.8 Å². The van der Waals surface area contributed by atoms with Crippen LogP contribution in [0.1, 0.15) is 0 Å². The molecule has 0 aliphatic carbocycles. The average Bonchev–Trinajstić information content (AvgIpc) is 2.29. The zero-order valence-corrected chi connectivity index (χ0v) is 7.15. The molecule has 0 unspecified atom stereocenters. The molecule has 0 saturated carbocycles. The van der Waals surface area contributed by atoms with Crippen LogP contribution in [0.25, 0.3) is 0 Å². The lowest BCUT2D eigenvalue weighted by Gasteiger charge is -1.88. The van der Waals surface area contributed by atoms with Crippen molar-refractivity contribution in [3.05, 3.63) is 36.9 Å². The highest BCUT2D eigenvalue weighted by Gasteiger charge is 1.91. The Labute approximate surface area is 79.8 Å². The van der Waals surface area contributed by atoms with Crippen LogP contribution >= 0.6 is 0 Å². The topological polar surface area (TPSA) is 76.3 Å². The van der Waals surface area contributed by atoms with E-state index in [0.717, 1.165) is 0 Å². The fourth-order valence-corrected chi connectivity index (χ4v) is 0.775. The molecule has 6 nitrogen and oxygen atoms in total. The standard InChI is InChI=1S/C8H6N6/c1-3-9-7(10-4-1)13-14-8-11-5-2-6-12-8/h1-6H/b14-13+. The minimum atomic E-state index is 0.292. The molecule has 0 saturated heterocycles. The van der Waals surface area contributed by atoms with Crippen molar-refractivity contribution in [3.63, 3.8) is 0 Å². The van der Waals surface area contributed by atoms with Gasteiger partial charge >= 0.3 is 0 Å². The van der Waals surface area contributed by atoms with Crippen molar-refractivity contribution in [2.45, 2.75) is 0 Å². The lowest BCUT2D eigenvalue weighted by molar-refractivity contribution is 1.01. The Bertz CT molecular complexity index is 371. The maximum atomic E-state index is 3.87. The second-order valence-corrected chi connectivity index (χ2v) is 2.30. The zero-order valence-electron chi connectivity index (χ0n) is 7.15. The fourth-order valence-electron chi connectivity index (χ4n) is 0.775. The van der Waals surface area contributed by atoms with Crippen LogP contribution in [-0.2, 0) is 0 Å². The number of hydrogen-bond acceptors (Lipinski definition) is 6. The van der Waals surface area contributed by atoms with E-state index < -0.39 is 0 Å². The first-order valence-electron chi connectivity index (χ1n) is 3.91. The molecule has 2 rings (SSSR count). The van der Waals surface area contributed by atoms with Gasteiger partial charge in [-0.05, 0) is 12.1 Å². The van der Waals surface area contributed by atoms with Gasteiger partial charge < -0.3 is 0 Å². The number of rotatable bonds is 2. The van der Waals surface area contributed by atoms with E-state index in [-0.39, 0.29) is 0 Å². The van der Waals surface area contributed by atoms with Crippen molar-refractivity contribution in [1.82, 2.24) is 19.9 Å². The predicted octanol–water partition coefficient (Wildman–Crippen LogP) is 1.68. The van der Waals surface area contributed by atoms with Crippen LogP contribution in [0.15, 0.2) is 47.1 Å². The largest absolute Gasteiger partial charge is 0.268 e. The van der Waals surface area contributed by atoms with Crippen LogP contribution in [0.5, 0.6) is 0 Å². The Morgan fingerprint density at radius 3 is 1.36 bits per heavy atom. The van der Waals surface area contributed by atoms with Crippen LogP contribution in [0.2, 0.25) is 0 Å². The summed E-state index contributed by atoms with van der Waals surface area (Å²) in [7, 11) is 0. The molecule has 68 valence electrons. The van der Waals surface area contributed by atoms with Crippen molar-refractivity contribution in [3.8, 4) is 0 Å². The molecule has 0 fully saturated rings. The van der Waals surface area contributed by atoms with Crippen LogP contribution in [0.4, 0.5) is 11.9 Å². The Morgan fingerprint density at radius 2 is 1.00 bits per heavy atom. The summed E-state index contributed by atoms with van der Waals surface area (Å²) in [4.78, 5) is 15.5. The summed E-state index contributed by atoms with van der Waals surface area (Å²) >= 11 is 0. The first-order valence-corrected chi connectivity index (χ1v) is 3.91. The van der Waals surface area contributed by atoms with Crippen molar-refractivity contribution in [2.75, 3.05) is 0 Å². The van der Waals surface area contributed by atoms with Crippen molar-refractivity contribution < 1.29 is 0 Å². The van der Waals surface area contributed by atoms with E-state index >= 15 is 0 Å². The lowest BCUT2D eigenvalue weighted by atomic mass is 10.7. The highest BCUT2D eigenvalue weighted by molar-refractivity contribution is 5.15. The third kappa shape index (κ3) is 2.13. The summed E-state index contributed by atoms with van der Waals surface area (Å²) < 4.78 is 0. The number of azo groups is 1. The van der Waals surface area contributed by atoms with Crippen LogP contribution in [0.3, 0.4) is 0 Å². The molecule has 0 spiro atoms. The van der Waals surface area contributed by atoms with Gasteiger partial charge in [-0.1, -0.05) is 0 Å². The monoisotopic (exact) mass is 186 g/mol. The van der Waals surface area contributed by atoms with Gasteiger partial charge in [-0.25, -0.2) is 19.9 Å². The normalized spacial score (nSPS) is 10.6. The summed E-state index contributed by atoms with van der Waals surface area (Å²) in [6, 6.07) is 3.41. The highest BCUT2D eigenvalue weighted by atomic mass is 15.2. The maximum absolute atomic E-state index is 3.87. The Balaban J connectivity index is 2.16. The molecule has 2 aromatic heterocycles. The minimum absolute atomic E-state index is 0.292. The first kappa shape index (κ1) is 8.36. The summed E-state index contributed by atoms with van der Waals surface area (Å²) in [6.45, 7) is 0. The molecule has 0 atom stereocenters. The van der Waals surface area contributed by atoms with Gasteiger partial charge in [-0.15, -0.1) is 10.2 Å². The van der Waals surface area contributed by atoms with Crippen molar-refractivity contribution >= 4 is 11.9 Å². The Hall–Kier alpha value is -2.24. The SMILES string of the molecule is c1cnc(/N=N/c2ncccn2)nc1. The maximum Gasteiger partial charge on any atom is 0.268 e. The number of hydrogen-bond donors (Lipinski definition) is 0. The molecule has 0 aromatic carbocycles. The fraction of sp³-hybridized carbons (Fsp3) is 0. The highest BCUT2D eigenvalue weighted by Crippen LogP contribution is 2.06. The average molecular weight is 186 g/mol. The molecular weight excluding hydrogens is 180 g/mol. The van der Waals surface area contributed by atoms with Gasteiger partial charge in [0.1, 0.15) is 0 Å². The molecule has 2 aromatic rings. The summed E-state index contributed by atoms with van der Waals surface area (Å²) in [5.41, 5.74) is 0. The number of aromatic nitrogens is 4. The lowest BCUT2D eigenvalue weighted by Crippen LogP contribution is -1.78. The zero-order chi connectivity index (χ0) is 9.64. The van der Waals surface area contributed by atoms with Crippen LogP contribution in [0, 0.1) is 0 Å². The molecule has 0 aliphatic rings. The predicted molar refractivity (Wildman–Crippen MR) is 48.2 cm³/mol. The summed E-state index contributed by atoms with van der Waals surface area (Å²) in [6.07, 6.45) is 6.36. The minimum Gasteiger partial charge on any atom is -0.218 e. The van der Waals surface area contributed by atoms with Crippen LogP contribution in [-0.4, -0.2) is 19.9 Å². The molecule has 0 amide bonds. The first-order chi connectivity index (χ1) is 6.95. The smallest absolute Gasteiger partial charge is 0.218 e. The van der Waals surface area contributed by atoms with Gasteiger partial charge in [-0.2, -0.15) is 0 Å². The molecule has 0 N–H and O–H groups in total. The summed E-state index contributed by atoms with van der Waals surface area (Å²) in [5.74, 6) is 0.583. The summed E-state index contributed by atoms with van der Waals surface area (Å²) in [5, 5.41) is 7.51. The molecule has 14 heavy (non-hydrogen) atoms. The quantitative estimate of drug-likeness (QED) is 0.668. The van der Waals surface area contributed by atoms with Crippen molar-refractivity contribution in [2.24, 2.45) is 10.2 Å². The third-order valence-electron chi connectivity index (χ3n) is 1.33. The van der Waals surface area contributed by atoms with E-state index in [2.05, 4.69) is 30.2 Å². The van der Waals surface area contributed by atoms with Gasteiger partial charge in [-0.3, -0.25) is 0 Å². The van der Waals surface area contributed by atoms with Crippen LogP contribution < -0.4 is 0 Å². The molecule has 0 aliphatic heterocycles. The molecule has 0 bridgehead atoms. The van der Waals surface area contributed by atoms with Gasteiger partial charge in [0.05, 0.1) is 0 Å². The van der Waals surface area contributed by atoms with E-state index in [1.54, 1.807) is 36.9 Å². The number of nitrogens with zero attached hydrogens (tertiary/aromatic N) is 6. The van der Waals surface area contributed by atoms with Gasteiger partial charge in [0.2, 0.25) is 0 Å². The third-order valence-corrected chi connectivity index (χ3v) is 1.33. The second kappa shape index (κ2) is 4.13. The van der Waals surface area contributed by atoms with E-state index in [1.165, 1.54) is 0 Å².